The molecule has 3 aromatic rings. The predicted octanol–water partition coefficient (Wildman–Crippen LogP) is 6.35. The summed E-state index contributed by atoms with van der Waals surface area (Å²) < 4.78 is 82.3. The highest BCUT2D eigenvalue weighted by Gasteiger charge is 2.38. The maximum absolute atomic E-state index is 13.9. The van der Waals surface area contributed by atoms with E-state index in [2.05, 4.69) is 16.4 Å². The molecule has 12 heteroatoms. The molecule has 0 unspecified atom stereocenters. The molecule has 0 aliphatic carbocycles. The van der Waals surface area contributed by atoms with E-state index in [0.717, 1.165) is 24.1 Å². The summed E-state index contributed by atoms with van der Waals surface area (Å²) in [5.41, 5.74) is 0.758. The van der Waals surface area contributed by atoms with Gasteiger partial charge in [0.1, 0.15) is 5.75 Å². The average Bonchev–Trinajstić information content (AvgIpc) is 3.46. The van der Waals surface area contributed by atoms with E-state index in [-0.39, 0.29) is 59.5 Å². The molecular weight excluding hydrogens is 585 g/mol. The summed E-state index contributed by atoms with van der Waals surface area (Å²) in [5.74, 6) is 0.570. The number of likely N-dealkylation sites (tertiary alicyclic amines) is 1. The molecule has 0 amide bonds. The minimum Gasteiger partial charge on any atom is -0.454 e. The van der Waals surface area contributed by atoms with Gasteiger partial charge in [0, 0.05) is 18.7 Å². The van der Waals surface area contributed by atoms with Crippen LogP contribution in [0, 0.1) is 0 Å². The number of aliphatic imine (C=N–C) groups is 1. The third-order valence-corrected chi connectivity index (χ3v) is 9.71. The van der Waals surface area contributed by atoms with Crippen molar-refractivity contribution in [2.45, 2.75) is 50.0 Å². The number of aryl methyl sites for hydroxylation is 1. The van der Waals surface area contributed by atoms with E-state index in [1.165, 1.54) is 25.1 Å². The van der Waals surface area contributed by atoms with Gasteiger partial charge in [0.2, 0.25) is 16.6 Å². The van der Waals surface area contributed by atoms with Crippen LogP contribution in [-0.4, -0.2) is 51.4 Å². The van der Waals surface area contributed by atoms with Gasteiger partial charge >= 0.3 is 6.36 Å². The van der Waals surface area contributed by atoms with Crippen molar-refractivity contribution in [1.29, 1.82) is 0 Å². The number of ether oxygens (including phenoxy) is 3. The number of sulfone groups is 1. The van der Waals surface area contributed by atoms with Gasteiger partial charge in [0.05, 0.1) is 26.8 Å². The summed E-state index contributed by atoms with van der Waals surface area (Å²) in [6.07, 6.45) is -3.84. The quantitative estimate of drug-likeness (QED) is 0.295. The van der Waals surface area contributed by atoms with Gasteiger partial charge in [-0.15, -0.1) is 13.2 Å². The van der Waals surface area contributed by atoms with Gasteiger partial charge in [0.25, 0.3) is 0 Å². The fourth-order valence-corrected chi connectivity index (χ4v) is 6.75. The van der Waals surface area contributed by atoms with Crippen molar-refractivity contribution >= 4 is 27.9 Å². The van der Waals surface area contributed by atoms with Gasteiger partial charge in [-0.1, -0.05) is 25.1 Å². The van der Waals surface area contributed by atoms with E-state index >= 15 is 0 Å². The summed E-state index contributed by atoms with van der Waals surface area (Å²) in [7, 11) is -4.10. The van der Waals surface area contributed by atoms with Crippen molar-refractivity contribution in [2.75, 3.05) is 19.9 Å². The standard InChI is InChI=1S/C31H31F3N2O6S/c1-4-21-5-9-24(10-6-21)43(38,39)20(2)29(25-18-23(42-31(32,33)34)8-11-26(25)35-3)36-15-13-30(37,14-16-36)22-7-12-27-28(17-22)41-19-40-27/h5-12,17-18,37H,3-4,13-16,19H2,1-2H3/b29-20-. The number of hydrogen-bond acceptors (Lipinski definition) is 8. The van der Waals surface area contributed by atoms with Crippen LogP contribution in [0.3, 0.4) is 0 Å². The molecule has 1 N–H and O–H groups in total. The largest absolute Gasteiger partial charge is 0.573 e. The lowest BCUT2D eigenvalue weighted by Crippen LogP contribution is -2.42. The van der Waals surface area contributed by atoms with Crippen LogP contribution in [0.2, 0.25) is 0 Å². The minimum absolute atomic E-state index is 0.0457. The Morgan fingerprint density at radius 2 is 1.72 bits per heavy atom. The van der Waals surface area contributed by atoms with Crippen LogP contribution in [0.1, 0.15) is 43.4 Å². The molecule has 0 bridgehead atoms. The zero-order valence-corrected chi connectivity index (χ0v) is 24.5. The van der Waals surface area contributed by atoms with Crippen molar-refractivity contribution in [3.8, 4) is 17.2 Å². The molecule has 3 aromatic carbocycles. The first-order valence-corrected chi connectivity index (χ1v) is 15.1. The second-order valence-corrected chi connectivity index (χ2v) is 12.5. The Morgan fingerprint density at radius 1 is 1.05 bits per heavy atom. The highest BCUT2D eigenvalue weighted by atomic mass is 32.2. The van der Waals surface area contributed by atoms with Crippen molar-refractivity contribution < 1.29 is 40.9 Å². The fourth-order valence-electron chi connectivity index (χ4n) is 5.41. The van der Waals surface area contributed by atoms with Gasteiger partial charge < -0.3 is 24.2 Å². The van der Waals surface area contributed by atoms with Gasteiger partial charge in [-0.3, -0.25) is 4.99 Å². The van der Waals surface area contributed by atoms with Crippen molar-refractivity contribution in [3.05, 3.63) is 82.3 Å². The number of nitrogens with zero attached hydrogens (tertiary/aromatic N) is 2. The Labute approximate surface area is 248 Å². The summed E-state index contributed by atoms with van der Waals surface area (Å²) in [5, 5.41) is 11.6. The van der Waals surface area contributed by atoms with E-state index in [0.29, 0.717) is 17.1 Å². The van der Waals surface area contributed by atoms with Gasteiger partial charge in [-0.25, -0.2) is 8.42 Å². The number of allylic oxidation sites excluding steroid dienone is 1. The lowest BCUT2D eigenvalue weighted by atomic mass is 9.84. The molecule has 0 aromatic heterocycles. The zero-order valence-electron chi connectivity index (χ0n) is 23.6. The highest BCUT2D eigenvalue weighted by molar-refractivity contribution is 7.95. The van der Waals surface area contributed by atoms with Crippen LogP contribution in [0.15, 0.2) is 75.5 Å². The number of benzene rings is 3. The molecule has 1 fully saturated rings. The normalized spacial score (nSPS) is 16.9. The molecule has 0 radical (unpaired) electrons. The Balaban J connectivity index is 1.58. The number of alkyl halides is 3. The predicted molar refractivity (Wildman–Crippen MR) is 155 cm³/mol. The first-order chi connectivity index (χ1) is 20.3. The number of fused-ring (bicyclic) bond motifs is 1. The summed E-state index contributed by atoms with van der Waals surface area (Å²) in [6.45, 7) is 7.37. The summed E-state index contributed by atoms with van der Waals surface area (Å²) >= 11 is 0. The van der Waals surface area contributed by atoms with E-state index in [4.69, 9.17) is 9.47 Å². The first kappa shape index (κ1) is 30.4. The summed E-state index contributed by atoms with van der Waals surface area (Å²) in [6, 6.07) is 15.2. The third kappa shape index (κ3) is 6.21. The fraction of sp³-hybridized carbons (Fsp3) is 0.323. The van der Waals surface area contributed by atoms with Crippen LogP contribution in [0.25, 0.3) is 5.70 Å². The first-order valence-electron chi connectivity index (χ1n) is 13.6. The van der Waals surface area contributed by atoms with Gasteiger partial charge in [-0.2, -0.15) is 0 Å². The van der Waals surface area contributed by atoms with Crippen molar-refractivity contribution in [3.63, 3.8) is 0 Å². The number of piperidine rings is 1. The monoisotopic (exact) mass is 616 g/mol. The lowest BCUT2D eigenvalue weighted by molar-refractivity contribution is -0.274. The third-order valence-electron chi connectivity index (χ3n) is 7.82. The van der Waals surface area contributed by atoms with E-state index in [1.807, 2.05) is 6.92 Å². The molecule has 1 saturated heterocycles. The van der Waals surface area contributed by atoms with Gasteiger partial charge in [-0.05, 0) is 86.5 Å². The van der Waals surface area contributed by atoms with Crippen LogP contribution in [0.5, 0.6) is 17.2 Å². The summed E-state index contributed by atoms with van der Waals surface area (Å²) in [4.78, 5) is 5.68. The Bertz CT molecular complexity index is 1660. The lowest BCUT2D eigenvalue weighted by Gasteiger charge is -2.41. The Morgan fingerprint density at radius 3 is 2.35 bits per heavy atom. The van der Waals surface area contributed by atoms with E-state index in [9.17, 15) is 26.7 Å². The molecule has 0 atom stereocenters. The maximum atomic E-state index is 13.9. The van der Waals surface area contributed by atoms with Crippen molar-refractivity contribution in [2.24, 2.45) is 4.99 Å². The van der Waals surface area contributed by atoms with Crippen LogP contribution < -0.4 is 14.2 Å². The smallest absolute Gasteiger partial charge is 0.454 e. The SMILES string of the molecule is C=Nc1ccc(OC(F)(F)F)cc1/C(=C(\C)S(=O)(=O)c1ccc(CC)cc1)N1CCC(O)(c2ccc3c(c2)OCO3)CC1. The minimum atomic E-state index is -4.96. The van der Waals surface area contributed by atoms with E-state index in [1.54, 1.807) is 35.2 Å². The van der Waals surface area contributed by atoms with Crippen LogP contribution in [-0.2, 0) is 21.9 Å². The number of aliphatic hydroxyl groups is 1. The molecule has 8 nitrogen and oxygen atoms in total. The molecule has 0 spiro atoms. The number of halogens is 3. The topological polar surface area (TPSA) is 97.7 Å². The molecule has 5 rings (SSSR count). The van der Waals surface area contributed by atoms with Gasteiger partial charge in [0.15, 0.2) is 11.5 Å². The van der Waals surface area contributed by atoms with E-state index < -0.39 is 27.6 Å². The molecule has 0 saturated carbocycles. The maximum Gasteiger partial charge on any atom is 0.573 e. The van der Waals surface area contributed by atoms with Crippen molar-refractivity contribution in [1.82, 2.24) is 4.90 Å². The molecule has 2 aliphatic rings. The second kappa shape index (κ2) is 11.6. The average molecular weight is 617 g/mol. The van der Waals surface area contributed by atoms with Crippen LogP contribution in [0.4, 0.5) is 18.9 Å². The Kier molecular flexibility index (Phi) is 8.19. The second-order valence-electron chi connectivity index (χ2n) is 10.4. The molecule has 2 aliphatic heterocycles. The Hall–Kier alpha value is -4.03. The molecule has 228 valence electrons. The molecule has 2 heterocycles. The zero-order chi connectivity index (χ0) is 31.0. The highest BCUT2D eigenvalue weighted by Crippen LogP contribution is 2.43. The molecular formula is C31H31F3N2O6S. The number of rotatable bonds is 8. The molecule has 43 heavy (non-hydrogen) atoms. The van der Waals surface area contributed by atoms with Crippen LogP contribution >= 0.6 is 0 Å². The number of hydrogen-bond donors (Lipinski definition) is 1.